The Hall–Kier alpha value is -0.300. The minimum atomic E-state index is 1.16. The molecule has 0 aromatic heterocycles. The third-order valence-electron chi connectivity index (χ3n) is 1.53. The van der Waals surface area contributed by atoms with Gasteiger partial charge in [-0.15, -0.1) is 0 Å². The van der Waals surface area contributed by atoms with Gasteiger partial charge in [-0.3, -0.25) is 0 Å². The molecule has 0 saturated heterocycles. The summed E-state index contributed by atoms with van der Waals surface area (Å²) in [6.07, 6.45) is 9.61. The van der Waals surface area contributed by atoms with E-state index in [-0.39, 0.29) is 0 Å². The van der Waals surface area contributed by atoms with Gasteiger partial charge >= 0.3 is 0 Å². The Bertz CT molecular complexity index is 76.8. The molecule has 60 valence electrons. The lowest BCUT2D eigenvalue weighted by molar-refractivity contribution is 0.647. The van der Waals surface area contributed by atoms with E-state index in [0.717, 1.165) is 6.54 Å². The van der Waals surface area contributed by atoms with Gasteiger partial charge in [0.1, 0.15) is 0 Å². The molecule has 0 aromatic rings. The van der Waals surface area contributed by atoms with Gasteiger partial charge in [0.05, 0.1) is 0 Å². The first kappa shape index (κ1) is 9.70. The molecule has 0 saturated carbocycles. The molecule has 0 aliphatic carbocycles. The Morgan fingerprint density at radius 2 is 2.00 bits per heavy atom. The van der Waals surface area contributed by atoms with Crippen molar-refractivity contribution in [2.24, 2.45) is 0 Å². The van der Waals surface area contributed by atoms with Crippen LogP contribution < -0.4 is 5.32 Å². The summed E-state index contributed by atoms with van der Waals surface area (Å²) < 4.78 is 0. The highest BCUT2D eigenvalue weighted by atomic mass is 14.8. The summed E-state index contributed by atoms with van der Waals surface area (Å²) in [7, 11) is 2.01. The third kappa shape index (κ3) is 7.70. The topological polar surface area (TPSA) is 12.0 Å². The van der Waals surface area contributed by atoms with Gasteiger partial charge in [-0.2, -0.15) is 0 Å². The largest absolute Gasteiger partial charge is 0.320 e. The van der Waals surface area contributed by atoms with Crippen molar-refractivity contribution < 1.29 is 0 Å². The summed E-state index contributed by atoms with van der Waals surface area (Å²) >= 11 is 0. The molecule has 0 fully saturated rings. The maximum absolute atomic E-state index is 3.14. The van der Waals surface area contributed by atoms with Crippen molar-refractivity contribution in [3.63, 3.8) is 0 Å². The molecular formula is C9H19N. The highest BCUT2D eigenvalue weighted by molar-refractivity contribution is 4.76. The van der Waals surface area contributed by atoms with Crippen LogP contribution in [0.25, 0.3) is 0 Å². The van der Waals surface area contributed by atoms with E-state index >= 15 is 0 Å². The minimum Gasteiger partial charge on any atom is -0.320 e. The standard InChI is InChI=1S/C9H19N/c1-3-4-5-6-7-8-9-10-2/h3-4,10H,5-9H2,1-2H3. The first-order chi connectivity index (χ1) is 4.91. The molecule has 0 amide bonds. The number of rotatable bonds is 6. The zero-order valence-corrected chi connectivity index (χ0v) is 7.19. The normalized spacial score (nSPS) is 11.0. The summed E-state index contributed by atoms with van der Waals surface area (Å²) in [6, 6.07) is 0. The molecule has 0 aliphatic rings. The molecule has 0 bridgehead atoms. The van der Waals surface area contributed by atoms with Crippen molar-refractivity contribution in [1.29, 1.82) is 0 Å². The molecule has 0 radical (unpaired) electrons. The van der Waals surface area contributed by atoms with Crippen LogP contribution in [0, 0.1) is 0 Å². The van der Waals surface area contributed by atoms with Crippen molar-refractivity contribution in [3.05, 3.63) is 12.2 Å². The zero-order valence-electron chi connectivity index (χ0n) is 7.19. The van der Waals surface area contributed by atoms with E-state index in [4.69, 9.17) is 0 Å². The van der Waals surface area contributed by atoms with E-state index in [9.17, 15) is 0 Å². The SMILES string of the molecule is CC=CCCCCCNC. The molecular weight excluding hydrogens is 122 g/mol. The summed E-state index contributed by atoms with van der Waals surface area (Å²) in [5.41, 5.74) is 0. The van der Waals surface area contributed by atoms with Crippen LogP contribution in [0.15, 0.2) is 12.2 Å². The highest BCUT2D eigenvalue weighted by Crippen LogP contribution is 1.98. The van der Waals surface area contributed by atoms with Crippen molar-refractivity contribution in [1.82, 2.24) is 5.32 Å². The van der Waals surface area contributed by atoms with Gasteiger partial charge in [0.2, 0.25) is 0 Å². The van der Waals surface area contributed by atoms with Crippen LogP contribution in [0.2, 0.25) is 0 Å². The Morgan fingerprint density at radius 3 is 2.60 bits per heavy atom. The lowest BCUT2D eigenvalue weighted by atomic mass is 10.2. The van der Waals surface area contributed by atoms with E-state index in [1.165, 1.54) is 25.7 Å². The van der Waals surface area contributed by atoms with Crippen molar-refractivity contribution in [2.45, 2.75) is 32.6 Å². The predicted octanol–water partition coefficient (Wildman–Crippen LogP) is 2.34. The first-order valence-electron chi connectivity index (χ1n) is 4.17. The van der Waals surface area contributed by atoms with Crippen molar-refractivity contribution in [2.75, 3.05) is 13.6 Å². The fraction of sp³-hybridized carbons (Fsp3) is 0.778. The van der Waals surface area contributed by atoms with Crippen LogP contribution in [0.1, 0.15) is 32.6 Å². The molecule has 0 aromatic carbocycles. The average Bonchev–Trinajstić information content (AvgIpc) is 1.97. The molecule has 0 unspecified atom stereocenters. The molecule has 0 atom stereocenters. The second-order valence-corrected chi connectivity index (χ2v) is 2.52. The van der Waals surface area contributed by atoms with Crippen LogP contribution in [0.3, 0.4) is 0 Å². The first-order valence-corrected chi connectivity index (χ1v) is 4.17. The van der Waals surface area contributed by atoms with Crippen LogP contribution in [-0.2, 0) is 0 Å². The summed E-state index contributed by atoms with van der Waals surface area (Å²) in [5.74, 6) is 0. The highest BCUT2D eigenvalue weighted by Gasteiger charge is 1.84. The molecule has 0 rings (SSSR count). The third-order valence-corrected chi connectivity index (χ3v) is 1.53. The summed E-state index contributed by atoms with van der Waals surface area (Å²) in [4.78, 5) is 0. The Labute approximate surface area is 64.5 Å². The van der Waals surface area contributed by atoms with Crippen LogP contribution in [0.5, 0.6) is 0 Å². The molecule has 1 N–H and O–H groups in total. The fourth-order valence-corrected chi connectivity index (χ4v) is 0.907. The smallest absolute Gasteiger partial charge is 0.00519 e. The van der Waals surface area contributed by atoms with E-state index < -0.39 is 0 Å². The Balaban J connectivity index is 2.77. The van der Waals surface area contributed by atoms with E-state index in [1.54, 1.807) is 0 Å². The molecule has 0 spiro atoms. The second kappa shape index (κ2) is 8.70. The van der Waals surface area contributed by atoms with Gasteiger partial charge in [0.15, 0.2) is 0 Å². The number of hydrogen-bond donors (Lipinski definition) is 1. The minimum absolute atomic E-state index is 1.16. The number of nitrogens with one attached hydrogen (secondary N) is 1. The number of allylic oxidation sites excluding steroid dienone is 2. The quantitative estimate of drug-likeness (QED) is 0.442. The predicted molar refractivity (Wildman–Crippen MR) is 47.2 cm³/mol. The van der Waals surface area contributed by atoms with Gasteiger partial charge in [0.25, 0.3) is 0 Å². The van der Waals surface area contributed by atoms with E-state index in [0.29, 0.717) is 0 Å². The summed E-state index contributed by atoms with van der Waals surface area (Å²) in [6.45, 7) is 3.24. The van der Waals surface area contributed by atoms with Crippen molar-refractivity contribution in [3.8, 4) is 0 Å². The van der Waals surface area contributed by atoms with Gasteiger partial charge < -0.3 is 5.32 Å². The summed E-state index contributed by atoms with van der Waals surface area (Å²) in [5, 5.41) is 3.14. The van der Waals surface area contributed by atoms with Gasteiger partial charge in [-0.25, -0.2) is 0 Å². The fourth-order valence-electron chi connectivity index (χ4n) is 0.907. The van der Waals surface area contributed by atoms with Crippen LogP contribution in [0.4, 0.5) is 0 Å². The molecule has 10 heavy (non-hydrogen) atoms. The zero-order chi connectivity index (χ0) is 7.66. The van der Waals surface area contributed by atoms with E-state index in [2.05, 4.69) is 24.4 Å². The van der Waals surface area contributed by atoms with Gasteiger partial charge in [-0.05, 0) is 39.8 Å². The molecule has 0 heterocycles. The Kier molecular flexibility index (Phi) is 8.44. The molecule has 1 nitrogen and oxygen atoms in total. The maximum Gasteiger partial charge on any atom is -0.00519 e. The van der Waals surface area contributed by atoms with Crippen LogP contribution in [-0.4, -0.2) is 13.6 Å². The van der Waals surface area contributed by atoms with Crippen molar-refractivity contribution >= 4 is 0 Å². The second-order valence-electron chi connectivity index (χ2n) is 2.52. The lowest BCUT2D eigenvalue weighted by Gasteiger charge is -1.96. The van der Waals surface area contributed by atoms with Gasteiger partial charge in [0, 0.05) is 0 Å². The lowest BCUT2D eigenvalue weighted by Crippen LogP contribution is -2.06. The molecule has 0 aliphatic heterocycles. The van der Waals surface area contributed by atoms with E-state index in [1.807, 2.05) is 7.05 Å². The average molecular weight is 141 g/mol. The monoisotopic (exact) mass is 141 g/mol. The number of unbranched alkanes of at least 4 members (excludes halogenated alkanes) is 3. The molecule has 1 heteroatoms. The number of hydrogen-bond acceptors (Lipinski definition) is 1. The maximum atomic E-state index is 3.14. The Morgan fingerprint density at radius 1 is 1.20 bits per heavy atom. The van der Waals surface area contributed by atoms with Gasteiger partial charge in [-0.1, -0.05) is 18.6 Å². The van der Waals surface area contributed by atoms with Crippen LogP contribution >= 0.6 is 0 Å².